The standard InChI is InChI=1S/C11H17N5/c1-15-7-5-13-10(15)3-4-12-9-11-14-6-8-16(11)2/h5-8,12H,3-4,9H2,1-2H3. The Bertz CT molecular complexity index is 400. The number of nitrogens with zero attached hydrogens (tertiary/aromatic N) is 4. The van der Waals surface area contributed by atoms with E-state index in [4.69, 9.17) is 0 Å². The van der Waals surface area contributed by atoms with Crippen molar-refractivity contribution >= 4 is 0 Å². The molecule has 1 N–H and O–H groups in total. The summed E-state index contributed by atoms with van der Waals surface area (Å²) in [6.45, 7) is 1.71. The van der Waals surface area contributed by atoms with E-state index in [1.165, 1.54) is 0 Å². The average Bonchev–Trinajstić information content (AvgIpc) is 2.84. The van der Waals surface area contributed by atoms with Crippen LogP contribution in [0.3, 0.4) is 0 Å². The molecule has 16 heavy (non-hydrogen) atoms. The van der Waals surface area contributed by atoms with Gasteiger partial charge in [0.2, 0.25) is 0 Å². The van der Waals surface area contributed by atoms with E-state index in [1.807, 2.05) is 48.0 Å². The van der Waals surface area contributed by atoms with Gasteiger partial charge in [-0.25, -0.2) is 9.97 Å². The van der Waals surface area contributed by atoms with E-state index in [0.717, 1.165) is 31.2 Å². The smallest absolute Gasteiger partial charge is 0.122 e. The highest BCUT2D eigenvalue weighted by atomic mass is 15.1. The summed E-state index contributed by atoms with van der Waals surface area (Å²) in [5.74, 6) is 2.16. The number of hydrogen-bond donors (Lipinski definition) is 1. The van der Waals surface area contributed by atoms with Crippen molar-refractivity contribution in [2.75, 3.05) is 6.54 Å². The maximum atomic E-state index is 4.27. The van der Waals surface area contributed by atoms with Gasteiger partial charge in [0.25, 0.3) is 0 Å². The van der Waals surface area contributed by atoms with Gasteiger partial charge in [0.05, 0.1) is 6.54 Å². The van der Waals surface area contributed by atoms with Crippen molar-refractivity contribution in [2.24, 2.45) is 14.1 Å². The Kier molecular flexibility index (Phi) is 3.36. The molecule has 0 saturated heterocycles. The van der Waals surface area contributed by atoms with Crippen LogP contribution in [0.25, 0.3) is 0 Å². The van der Waals surface area contributed by atoms with Gasteiger partial charge in [-0.05, 0) is 0 Å². The van der Waals surface area contributed by atoms with Crippen molar-refractivity contribution < 1.29 is 0 Å². The van der Waals surface area contributed by atoms with Crippen LogP contribution in [0.4, 0.5) is 0 Å². The van der Waals surface area contributed by atoms with E-state index in [0.29, 0.717) is 0 Å². The number of aryl methyl sites for hydroxylation is 2. The lowest BCUT2D eigenvalue weighted by Gasteiger charge is -2.05. The summed E-state index contributed by atoms with van der Waals surface area (Å²) in [6, 6.07) is 0. The summed E-state index contributed by atoms with van der Waals surface area (Å²) in [5, 5.41) is 3.36. The molecule has 0 aliphatic rings. The van der Waals surface area contributed by atoms with Gasteiger partial charge < -0.3 is 14.5 Å². The zero-order valence-electron chi connectivity index (χ0n) is 9.72. The lowest BCUT2D eigenvalue weighted by Crippen LogP contribution is -2.20. The monoisotopic (exact) mass is 219 g/mol. The maximum absolute atomic E-state index is 4.27. The molecular formula is C11H17N5. The number of aromatic nitrogens is 4. The number of rotatable bonds is 5. The Labute approximate surface area is 95.1 Å². The van der Waals surface area contributed by atoms with Crippen molar-refractivity contribution in [1.29, 1.82) is 0 Å². The molecule has 2 heterocycles. The summed E-state index contributed by atoms with van der Waals surface area (Å²) in [6.07, 6.45) is 8.50. The molecule has 0 aliphatic heterocycles. The third-order valence-corrected chi connectivity index (χ3v) is 2.65. The van der Waals surface area contributed by atoms with Crippen LogP contribution in [-0.2, 0) is 27.1 Å². The summed E-state index contributed by atoms with van der Waals surface area (Å²) >= 11 is 0. The second-order valence-electron chi connectivity index (χ2n) is 3.84. The first-order valence-electron chi connectivity index (χ1n) is 5.40. The van der Waals surface area contributed by atoms with E-state index in [2.05, 4.69) is 15.3 Å². The van der Waals surface area contributed by atoms with Crippen LogP contribution in [0.1, 0.15) is 11.6 Å². The van der Waals surface area contributed by atoms with Crippen molar-refractivity contribution in [3.05, 3.63) is 36.4 Å². The molecule has 0 atom stereocenters. The molecular weight excluding hydrogens is 202 g/mol. The van der Waals surface area contributed by atoms with Crippen LogP contribution in [0, 0.1) is 0 Å². The SMILES string of the molecule is Cn1ccnc1CCNCc1nccn1C. The molecule has 0 spiro atoms. The lowest BCUT2D eigenvalue weighted by atomic mass is 10.4. The molecule has 0 amide bonds. The maximum Gasteiger partial charge on any atom is 0.122 e. The molecule has 5 heteroatoms. The first-order valence-corrected chi connectivity index (χ1v) is 5.40. The van der Waals surface area contributed by atoms with E-state index in [-0.39, 0.29) is 0 Å². The average molecular weight is 219 g/mol. The highest BCUT2D eigenvalue weighted by molar-refractivity contribution is 4.93. The first kappa shape index (κ1) is 10.9. The summed E-state index contributed by atoms with van der Waals surface area (Å²) in [4.78, 5) is 8.52. The van der Waals surface area contributed by atoms with Gasteiger partial charge in [-0.15, -0.1) is 0 Å². The second kappa shape index (κ2) is 4.94. The predicted octanol–water partition coefficient (Wildman–Crippen LogP) is 0.486. The van der Waals surface area contributed by atoms with Crippen LogP contribution >= 0.6 is 0 Å². The second-order valence-corrected chi connectivity index (χ2v) is 3.84. The minimum Gasteiger partial charge on any atom is -0.338 e. The fourth-order valence-corrected chi connectivity index (χ4v) is 1.60. The van der Waals surface area contributed by atoms with Gasteiger partial charge >= 0.3 is 0 Å². The lowest BCUT2D eigenvalue weighted by molar-refractivity contribution is 0.620. The van der Waals surface area contributed by atoms with Crippen LogP contribution in [-0.4, -0.2) is 25.6 Å². The van der Waals surface area contributed by atoms with E-state index >= 15 is 0 Å². The summed E-state index contributed by atoms with van der Waals surface area (Å²) < 4.78 is 4.07. The molecule has 0 aliphatic carbocycles. The third-order valence-electron chi connectivity index (χ3n) is 2.65. The molecule has 0 saturated carbocycles. The molecule has 0 radical (unpaired) electrons. The molecule has 0 aromatic carbocycles. The highest BCUT2D eigenvalue weighted by Gasteiger charge is 2.00. The Morgan fingerprint density at radius 3 is 2.25 bits per heavy atom. The Balaban J connectivity index is 1.74. The third kappa shape index (κ3) is 2.49. The van der Waals surface area contributed by atoms with Crippen LogP contribution < -0.4 is 5.32 Å². The van der Waals surface area contributed by atoms with Crippen molar-refractivity contribution in [1.82, 2.24) is 24.4 Å². The van der Waals surface area contributed by atoms with Gasteiger partial charge in [-0.1, -0.05) is 0 Å². The molecule has 0 fully saturated rings. The highest BCUT2D eigenvalue weighted by Crippen LogP contribution is 1.96. The van der Waals surface area contributed by atoms with Crippen LogP contribution in [0.2, 0.25) is 0 Å². The molecule has 2 aromatic heterocycles. The van der Waals surface area contributed by atoms with Crippen LogP contribution in [0.15, 0.2) is 24.8 Å². The van der Waals surface area contributed by atoms with E-state index in [1.54, 1.807) is 0 Å². The number of nitrogens with one attached hydrogen (secondary N) is 1. The predicted molar refractivity (Wildman–Crippen MR) is 61.8 cm³/mol. The van der Waals surface area contributed by atoms with Crippen LogP contribution in [0.5, 0.6) is 0 Å². The Morgan fingerprint density at radius 2 is 1.69 bits per heavy atom. The minimum atomic E-state index is 0.800. The minimum absolute atomic E-state index is 0.800. The summed E-state index contributed by atoms with van der Waals surface area (Å²) in [7, 11) is 4.02. The fraction of sp³-hybridized carbons (Fsp3) is 0.455. The molecule has 86 valence electrons. The Morgan fingerprint density at radius 1 is 1.06 bits per heavy atom. The number of hydrogen-bond acceptors (Lipinski definition) is 3. The summed E-state index contributed by atoms with van der Waals surface area (Å²) in [5.41, 5.74) is 0. The van der Waals surface area contributed by atoms with E-state index < -0.39 is 0 Å². The normalized spacial score (nSPS) is 10.9. The van der Waals surface area contributed by atoms with Gasteiger partial charge in [-0.2, -0.15) is 0 Å². The molecule has 2 rings (SSSR count). The largest absolute Gasteiger partial charge is 0.338 e. The molecule has 2 aromatic rings. The zero-order chi connectivity index (χ0) is 11.4. The van der Waals surface area contributed by atoms with Gasteiger partial charge in [0.1, 0.15) is 11.6 Å². The van der Waals surface area contributed by atoms with Gasteiger partial charge in [0.15, 0.2) is 0 Å². The van der Waals surface area contributed by atoms with Crippen molar-refractivity contribution in [3.8, 4) is 0 Å². The fourth-order valence-electron chi connectivity index (χ4n) is 1.60. The zero-order valence-corrected chi connectivity index (χ0v) is 9.72. The van der Waals surface area contributed by atoms with E-state index in [9.17, 15) is 0 Å². The first-order chi connectivity index (χ1) is 7.77. The van der Waals surface area contributed by atoms with Gasteiger partial charge in [0, 0.05) is 51.8 Å². The Hall–Kier alpha value is -1.62. The molecule has 5 nitrogen and oxygen atoms in total. The van der Waals surface area contributed by atoms with Crippen molar-refractivity contribution in [2.45, 2.75) is 13.0 Å². The molecule has 0 bridgehead atoms. The van der Waals surface area contributed by atoms with Gasteiger partial charge in [-0.3, -0.25) is 0 Å². The quantitative estimate of drug-likeness (QED) is 0.744. The van der Waals surface area contributed by atoms with Crippen molar-refractivity contribution in [3.63, 3.8) is 0 Å². The topological polar surface area (TPSA) is 47.7 Å². The number of imidazole rings is 2. The molecule has 0 unspecified atom stereocenters.